The molecule has 6 aliphatic carbocycles. The van der Waals surface area contributed by atoms with Crippen molar-refractivity contribution in [3.63, 3.8) is 0 Å². The first kappa shape index (κ1) is 42.3. The Balaban J connectivity index is 1.01. The average Bonchev–Trinajstić information content (AvgIpc) is 3.55. The molecule has 2 bridgehead atoms. The molecule has 0 radical (unpaired) electrons. The van der Waals surface area contributed by atoms with Crippen LogP contribution in [-0.4, -0.2) is 51.6 Å². The summed E-state index contributed by atoms with van der Waals surface area (Å²) in [4.78, 5) is 31.1. The molecule has 0 aromatic heterocycles. The van der Waals surface area contributed by atoms with Crippen molar-refractivity contribution < 1.29 is 42.4 Å². The van der Waals surface area contributed by atoms with E-state index in [-0.39, 0.29) is 41.9 Å². The molecule has 0 saturated heterocycles. The van der Waals surface area contributed by atoms with Gasteiger partial charge in [0.15, 0.2) is 5.78 Å². The van der Waals surface area contributed by atoms with E-state index in [9.17, 15) is 28.2 Å². The van der Waals surface area contributed by atoms with Crippen molar-refractivity contribution in [2.75, 3.05) is 6.54 Å². The van der Waals surface area contributed by atoms with Gasteiger partial charge in [-0.2, -0.15) is 0 Å². The van der Waals surface area contributed by atoms with Crippen molar-refractivity contribution in [1.82, 2.24) is 4.90 Å². The minimum atomic E-state index is -4.86. The van der Waals surface area contributed by atoms with Gasteiger partial charge in [-0.1, -0.05) is 129 Å². The maximum atomic E-state index is 15.3. The Morgan fingerprint density at radius 1 is 0.734 bits per heavy atom. The van der Waals surface area contributed by atoms with Crippen molar-refractivity contribution in [2.24, 2.45) is 33.5 Å². The normalized spacial score (nSPS) is 31.4. The van der Waals surface area contributed by atoms with Gasteiger partial charge in [-0.15, -0.1) is 13.2 Å². The van der Waals surface area contributed by atoms with Gasteiger partial charge in [0.1, 0.15) is 11.5 Å². The van der Waals surface area contributed by atoms with Crippen LogP contribution in [0.2, 0.25) is 0 Å². The molecule has 7 nitrogen and oxygen atoms in total. The molecule has 3 fully saturated rings. The second-order valence-corrected chi connectivity index (χ2v) is 19.5. The fourth-order valence-corrected chi connectivity index (χ4v) is 13.1. The smallest absolute Gasteiger partial charge is 0.410 e. The lowest BCUT2D eigenvalue weighted by Crippen LogP contribution is -2.67. The van der Waals surface area contributed by atoms with Crippen LogP contribution in [0.5, 0.6) is 11.5 Å². The highest BCUT2D eigenvalue weighted by Gasteiger charge is 2.74. The average molecular weight is 868 g/mol. The van der Waals surface area contributed by atoms with Gasteiger partial charge in [-0.3, -0.25) is 4.79 Å². The number of fused-ring (bicyclic) bond motifs is 2. The number of Topliss-reactive ketones (excluding diaryl/α,β-unsaturated/α-hetero) is 1. The molecule has 3 saturated carbocycles. The fourth-order valence-electron chi connectivity index (χ4n) is 13.1. The monoisotopic (exact) mass is 867 g/mol. The highest BCUT2D eigenvalue weighted by molar-refractivity contribution is 6.10. The van der Waals surface area contributed by atoms with E-state index in [4.69, 9.17) is 4.74 Å². The van der Waals surface area contributed by atoms with Gasteiger partial charge in [-0.05, 0) is 114 Å². The van der Waals surface area contributed by atoms with Crippen molar-refractivity contribution >= 4 is 22.6 Å². The first-order valence-corrected chi connectivity index (χ1v) is 22.4. The van der Waals surface area contributed by atoms with E-state index in [1.165, 1.54) is 29.2 Å². The van der Waals surface area contributed by atoms with Crippen molar-refractivity contribution in [3.8, 4) is 22.6 Å². The number of hydrogen-bond donors (Lipinski definition) is 2. The van der Waals surface area contributed by atoms with Crippen LogP contribution in [0.25, 0.3) is 21.9 Å². The quantitative estimate of drug-likeness (QED) is 0.113. The number of ether oxygens (including phenoxy) is 2. The van der Waals surface area contributed by atoms with Crippen LogP contribution in [0.15, 0.2) is 145 Å². The zero-order valence-corrected chi connectivity index (χ0v) is 36.0. The van der Waals surface area contributed by atoms with Crippen LogP contribution in [0.3, 0.4) is 0 Å². The van der Waals surface area contributed by atoms with Gasteiger partial charge in [0.25, 0.3) is 0 Å². The molecule has 2 spiro atoms. The maximum Gasteiger partial charge on any atom is 0.573 e. The van der Waals surface area contributed by atoms with Gasteiger partial charge in [0, 0.05) is 33.9 Å². The first-order valence-electron chi connectivity index (χ1n) is 22.4. The van der Waals surface area contributed by atoms with E-state index in [0.29, 0.717) is 49.0 Å². The highest BCUT2D eigenvalue weighted by Crippen LogP contribution is 2.78. The lowest BCUT2D eigenvalue weighted by Gasteiger charge is -2.71. The molecule has 8 atom stereocenters. The molecule has 0 heterocycles. The SMILES string of the molecule is CC12CCC(O)CC13C=CC1(C(C(=O)c4ccc(-c5ccccc5)cc4)=C3)C2CCC2(C)C1CCC2(O)CN(Cc1ccc(OC(F)(F)F)cc1)C(=O)Oc1ccc2ccccc2c1. The number of ketones is 1. The molecular formula is C54H52F3NO6. The number of rotatable bonds is 9. The Morgan fingerprint density at radius 3 is 2.11 bits per heavy atom. The number of aliphatic hydroxyl groups is 2. The topological polar surface area (TPSA) is 96.3 Å². The Bertz CT molecular complexity index is 2680. The molecular weight excluding hydrogens is 816 g/mol. The standard InChI is InChI=1S/C54H52F3NO6/c1-49-25-22-41(59)31-51(49)28-29-53(44(32-51)47(60)39-16-14-38(15-17-39)36-8-4-3-5-9-36)45(49)23-26-50(2)46(53)24-27-52(50,62)34-58(33-35-12-19-42(20-13-35)64-54(55,56)57)48(61)63-43-21-18-37-10-6-7-11-40(37)30-43/h3-21,28-30,32,41,45-46,59,62H,22-27,31,33-34H2,1-2H3. The summed E-state index contributed by atoms with van der Waals surface area (Å²) in [6, 6.07) is 36.3. The second kappa shape index (κ2) is 15.2. The number of allylic oxidation sites excluding steroid dienone is 4. The molecule has 11 rings (SSSR count). The molecule has 6 aliphatic rings. The summed E-state index contributed by atoms with van der Waals surface area (Å²) in [6.45, 7) is 4.29. The van der Waals surface area contributed by atoms with E-state index >= 15 is 4.79 Å². The zero-order chi connectivity index (χ0) is 44.7. The number of alkyl halides is 3. The Morgan fingerprint density at radius 2 is 1.38 bits per heavy atom. The maximum absolute atomic E-state index is 15.3. The molecule has 8 unspecified atom stereocenters. The number of carbonyl (C=O) groups excluding carboxylic acids is 2. The number of benzene rings is 5. The summed E-state index contributed by atoms with van der Waals surface area (Å²) in [5.74, 6) is -0.229. The predicted molar refractivity (Wildman–Crippen MR) is 238 cm³/mol. The summed E-state index contributed by atoms with van der Waals surface area (Å²) in [7, 11) is 0. The van der Waals surface area contributed by atoms with Crippen LogP contribution in [-0.2, 0) is 6.54 Å². The second-order valence-electron chi connectivity index (χ2n) is 19.5. The van der Waals surface area contributed by atoms with E-state index < -0.39 is 40.4 Å². The molecule has 10 heteroatoms. The molecule has 330 valence electrons. The van der Waals surface area contributed by atoms with E-state index in [1.54, 1.807) is 12.1 Å². The molecule has 5 aromatic rings. The Kier molecular flexibility index (Phi) is 10.0. The fraction of sp³-hybridized carbons (Fsp3) is 0.370. The number of amides is 1. The summed E-state index contributed by atoms with van der Waals surface area (Å²) >= 11 is 0. The number of halogens is 3. The van der Waals surface area contributed by atoms with Gasteiger partial charge in [0.2, 0.25) is 0 Å². The third kappa shape index (κ3) is 6.78. The van der Waals surface area contributed by atoms with Crippen LogP contribution < -0.4 is 9.47 Å². The van der Waals surface area contributed by atoms with Crippen LogP contribution in [0, 0.1) is 33.5 Å². The summed E-state index contributed by atoms with van der Waals surface area (Å²) in [5, 5.41) is 26.3. The zero-order valence-electron chi connectivity index (χ0n) is 36.0. The summed E-state index contributed by atoms with van der Waals surface area (Å²) in [6.07, 6.45) is 5.03. The minimum Gasteiger partial charge on any atom is -0.410 e. The molecule has 1 amide bonds. The van der Waals surface area contributed by atoms with Gasteiger partial charge in [-0.25, -0.2) is 4.79 Å². The van der Waals surface area contributed by atoms with Gasteiger partial charge in [0.05, 0.1) is 18.2 Å². The van der Waals surface area contributed by atoms with E-state index in [2.05, 4.69) is 36.8 Å². The molecule has 5 aromatic carbocycles. The predicted octanol–water partition coefficient (Wildman–Crippen LogP) is 11.9. The third-order valence-electron chi connectivity index (χ3n) is 16.4. The lowest BCUT2D eigenvalue weighted by molar-refractivity contribution is -0.274. The van der Waals surface area contributed by atoms with E-state index in [1.807, 2.05) is 84.9 Å². The number of hydrogen-bond acceptors (Lipinski definition) is 6. The minimum absolute atomic E-state index is 0.0475. The number of aliphatic hydroxyl groups excluding tert-OH is 1. The van der Waals surface area contributed by atoms with Crippen LogP contribution in [0.4, 0.5) is 18.0 Å². The van der Waals surface area contributed by atoms with Crippen molar-refractivity contribution in [1.29, 1.82) is 0 Å². The lowest BCUT2D eigenvalue weighted by atomic mass is 9.32. The van der Waals surface area contributed by atoms with Gasteiger partial charge >= 0.3 is 12.5 Å². The number of nitrogens with zero attached hydrogens (tertiary/aromatic N) is 1. The largest absolute Gasteiger partial charge is 0.573 e. The van der Waals surface area contributed by atoms with Crippen LogP contribution >= 0.6 is 0 Å². The number of carbonyl (C=O) groups is 2. The van der Waals surface area contributed by atoms with Crippen LogP contribution in [0.1, 0.15) is 74.7 Å². The summed E-state index contributed by atoms with van der Waals surface area (Å²) in [5.41, 5.74) is 0.228. The Hall–Kier alpha value is -5.71. The third-order valence-corrected chi connectivity index (χ3v) is 16.4. The van der Waals surface area contributed by atoms with Crippen molar-refractivity contribution in [3.05, 3.63) is 156 Å². The molecule has 64 heavy (non-hydrogen) atoms. The molecule has 0 aliphatic heterocycles. The molecule has 2 N–H and O–H groups in total. The summed E-state index contributed by atoms with van der Waals surface area (Å²) < 4.78 is 49.3. The van der Waals surface area contributed by atoms with Crippen molar-refractivity contribution in [2.45, 2.75) is 83.4 Å². The van der Waals surface area contributed by atoms with E-state index in [0.717, 1.165) is 40.3 Å². The van der Waals surface area contributed by atoms with Gasteiger partial charge < -0.3 is 24.6 Å². The Labute approximate surface area is 371 Å². The first-order chi connectivity index (χ1) is 30.5. The highest BCUT2D eigenvalue weighted by atomic mass is 19.4.